The van der Waals surface area contributed by atoms with Gasteiger partial charge in [0.05, 0.1) is 0 Å². The quantitative estimate of drug-likeness (QED) is 0.165. The van der Waals surface area contributed by atoms with Gasteiger partial charge in [-0.3, -0.25) is 0 Å². The summed E-state index contributed by atoms with van der Waals surface area (Å²) < 4.78 is 2.68. The Balaban J connectivity index is 1.10. The van der Waals surface area contributed by atoms with Crippen molar-refractivity contribution >= 4 is 85.4 Å². The van der Waals surface area contributed by atoms with Gasteiger partial charge in [-0.25, -0.2) is 0 Å². The Bertz CT molecular complexity index is 3180. The Morgan fingerprint density at radius 1 is 0.255 bits per heavy atom. The number of benzene rings is 10. The van der Waals surface area contributed by atoms with Crippen LogP contribution in [-0.2, 0) is 0 Å². The molecule has 11 aromatic rings. The van der Waals surface area contributed by atoms with E-state index in [0.717, 1.165) is 0 Å². The fraction of sp³-hybridized carbons (Fsp3) is 0. The molecule has 51 heavy (non-hydrogen) atoms. The summed E-state index contributed by atoms with van der Waals surface area (Å²) in [5.74, 6) is 0. The van der Waals surface area contributed by atoms with Gasteiger partial charge in [0.25, 0.3) is 0 Å². The van der Waals surface area contributed by atoms with Crippen LogP contribution in [0.2, 0.25) is 0 Å². The van der Waals surface area contributed by atoms with Crippen LogP contribution in [0, 0.1) is 0 Å². The maximum absolute atomic E-state index is 2.43. The van der Waals surface area contributed by atoms with Gasteiger partial charge in [0.1, 0.15) is 0 Å². The summed E-state index contributed by atoms with van der Waals surface area (Å²) in [5.41, 5.74) is 7.43. The van der Waals surface area contributed by atoms with E-state index in [1.54, 1.807) is 0 Å². The van der Waals surface area contributed by atoms with Gasteiger partial charge >= 0.3 is 0 Å². The van der Waals surface area contributed by atoms with E-state index in [-0.39, 0.29) is 0 Å². The standard InChI is InChI=1S/C50H30S/c1-4-20-42-37(16-1)38-17-2-6-22-44(38)49-46-30-34(26-27-40(46)39-18-3-5-21-43(39)48(42)49)32-13-9-12-31(28-32)33-14-10-15-35(29-33)36-23-11-24-45-41-19-7-8-25-47(41)51-50(36)45/h1-30H. The van der Waals surface area contributed by atoms with E-state index in [9.17, 15) is 0 Å². The van der Waals surface area contributed by atoms with Gasteiger partial charge in [0.2, 0.25) is 0 Å². The second-order valence-corrected chi connectivity index (χ2v) is 14.6. The summed E-state index contributed by atoms with van der Waals surface area (Å²) in [6.07, 6.45) is 0. The molecule has 0 unspecified atom stereocenters. The van der Waals surface area contributed by atoms with Crippen LogP contribution < -0.4 is 0 Å². The predicted octanol–water partition coefficient (Wildman–Crippen LogP) is 14.8. The zero-order valence-electron chi connectivity index (χ0n) is 27.7. The molecule has 0 saturated heterocycles. The topological polar surface area (TPSA) is 0 Å². The molecule has 1 heteroatoms. The third-order valence-electron chi connectivity index (χ3n) is 10.8. The van der Waals surface area contributed by atoms with Crippen LogP contribution in [0.25, 0.3) is 107 Å². The van der Waals surface area contributed by atoms with Crippen molar-refractivity contribution in [2.75, 3.05) is 0 Å². The predicted molar refractivity (Wildman–Crippen MR) is 223 cm³/mol. The lowest BCUT2D eigenvalue weighted by Gasteiger charge is -2.17. The smallest absolute Gasteiger partial charge is 0.0433 e. The van der Waals surface area contributed by atoms with Gasteiger partial charge in [0, 0.05) is 20.2 Å². The average molecular weight is 663 g/mol. The molecular formula is C50H30S. The lowest BCUT2D eigenvalue weighted by molar-refractivity contribution is 1.59. The summed E-state index contributed by atoms with van der Waals surface area (Å²) >= 11 is 1.89. The number of fused-ring (bicyclic) bond motifs is 14. The minimum atomic E-state index is 1.22. The minimum Gasteiger partial charge on any atom is -0.135 e. The molecule has 0 saturated carbocycles. The van der Waals surface area contributed by atoms with Crippen LogP contribution in [0.5, 0.6) is 0 Å². The summed E-state index contributed by atoms with van der Waals surface area (Å²) in [6.45, 7) is 0. The first-order valence-corrected chi connectivity index (χ1v) is 18.4. The highest BCUT2D eigenvalue weighted by molar-refractivity contribution is 7.26. The molecule has 236 valence electrons. The van der Waals surface area contributed by atoms with Crippen molar-refractivity contribution in [3.63, 3.8) is 0 Å². The Kier molecular flexibility index (Phi) is 6.22. The number of hydrogen-bond acceptors (Lipinski definition) is 1. The zero-order chi connectivity index (χ0) is 33.5. The molecule has 0 fully saturated rings. The van der Waals surface area contributed by atoms with Crippen LogP contribution >= 0.6 is 11.3 Å². The van der Waals surface area contributed by atoms with Gasteiger partial charge in [-0.2, -0.15) is 0 Å². The van der Waals surface area contributed by atoms with Crippen molar-refractivity contribution in [2.45, 2.75) is 0 Å². The van der Waals surface area contributed by atoms with Crippen molar-refractivity contribution in [1.29, 1.82) is 0 Å². The van der Waals surface area contributed by atoms with E-state index >= 15 is 0 Å². The van der Waals surface area contributed by atoms with E-state index in [4.69, 9.17) is 0 Å². The first kappa shape index (κ1) is 28.5. The first-order valence-electron chi connectivity index (χ1n) is 17.6. The molecule has 11 rings (SSSR count). The third kappa shape index (κ3) is 4.32. The van der Waals surface area contributed by atoms with Crippen molar-refractivity contribution in [3.05, 3.63) is 182 Å². The van der Waals surface area contributed by atoms with E-state index in [1.165, 1.54) is 107 Å². The van der Waals surface area contributed by atoms with Crippen LogP contribution in [0.3, 0.4) is 0 Å². The maximum Gasteiger partial charge on any atom is 0.0433 e. The molecule has 10 aromatic carbocycles. The summed E-state index contributed by atoms with van der Waals surface area (Å²) in [7, 11) is 0. The molecule has 1 aromatic heterocycles. The van der Waals surface area contributed by atoms with E-state index in [1.807, 2.05) is 11.3 Å². The van der Waals surface area contributed by atoms with Crippen LogP contribution in [0.15, 0.2) is 182 Å². The Morgan fingerprint density at radius 2 is 0.686 bits per heavy atom. The summed E-state index contributed by atoms with van der Waals surface area (Å²) in [4.78, 5) is 0. The summed E-state index contributed by atoms with van der Waals surface area (Å²) in [5, 5.41) is 15.8. The van der Waals surface area contributed by atoms with Gasteiger partial charge in [0.15, 0.2) is 0 Å². The molecule has 0 aliphatic carbocycles. The molecule has 0 N–H and O–H groups in total. The van der Waals surface area contributed by atoms with E-state index in [2.05, 4.69) is 182 Å². The fourth-order valence-corrected chi connectivity index (χ4v) is 9.76. The lowest BCUT2D eigenvalue weighted by atomic mass is 9.86. The molecule has 0 nitrogen and oxygen atoms in total. The van der Waals surface area contributed by atoms with E-state index in [0.29, 0.717) is 0 Å². The molecule has 0 aliphatic heterocycles. The molecule has 0 radical (unpaired) electrons. The van der Waals surface area contributed by atoms with Gasteiger partial charge in [-0.1, -0.05) is 158 Å². The third-order valence-corrected chi connectivity index (χ3v) is 12.0. The summed E-state index contributed by atoms with van der Waals surface area (Å²) in [6, 6.07) is 67.4. The van der Waals surface area contributed by atoms with Crippen molar-refractivity contribution in [3.8, 4) is 33.4 Å². The molecule has 1 heterocycles. The highest BCUT2D eigenvalue weighted by atomic mass is 32.1. The van der Waals surface area contributed by atoms with Crippen LogP contribution in [0.4, 0.5) is 0 Å². The van der Waals surface area contributed by atoms with Crippen molar-refractivity contribution in [2.24, 2.45) is 0 Å². The maximum atomic E-state index is 2.43. The molecular weight excluding hydrogens is 633 g/mol. The molecule has 0 bridgehead atoms. The van der Waals surface area contributed by atoms with Crippen molar-refractivity contribution in [1.82, 2.24) is 0 Å². The highest BCUT2D eigenvalue weighted by Gasteiger charge is 2.17. The van der Waals surface area contributed by atoms with Gasteiger partial charge < -0.3 is 0 Å². The Morgan fingerprint density at radius 3 is 1.31 bits per heavy atom. The molecule has 0 atom stereocenters. The SMILES string of the molecule is c1cc(-c2cccc(-c3cccc4c3sc3ccccc34)c2)cc(-c2ccc3c4ccccc4c4c5ccccc5c5ccccc5c4c3c2)c1. The Hall–Kier alpha value is -6.28. The first-order chi connectivity index (χ1) is 25.3. The monoisotopic (exact) mass is 662 g/mol. The lowest BCUT2D eigenvalue weighted by Crippen LogP contribution is -1.89. The zero-order valence-corrected chi connectivity index (χ0v) is 28.5. The molecule has 0 aliphatic rings. The second-order valence-electron chi connectivity index (χ2n) is 13.6. The number of hydrogen-bond donors (Lipinski definition) is 0. The number of thiophene rings is 1. The van der Waals surface area contributed by atoms with Gasteiger partial charge in [-0.05, 0) is 112 Å². The molecule has 0 spiro atoms. The van der Waals surface area contributed by atoms with Crippen molar-refractivity contribution < 1.29 is 0 Å². The number of rotatable bonds is 3. The van der Waals surface area contributed by atoms with Crippen LogP contribution in [-0.4, -0.2) is 0 Å². The second kappa shape index (κ2) is 11.1. The van der Waals surface area contributed by atoms with Gasteiger partial charge in [-0.15, -0.1) is 11.3 Å². The molecule has 0 amide bonds. The average Bonchev–Trinajstić information content (AvgIpc) is 3.60. The Labute approximate surface area is 299 Å². The minimum absolute atomic E-state index is 1.22. The largest absolute Gasteiger partial charge is 0.135 e. The van der Waals surface area contributed by atoms with Crippen LogP contribution in [0.1, 0.15) is 0 Å². The fourth-order valence-electron chi connectivity index (χ4n) is 8.52. The normalized spacial score (nSPS) is 11.9. The van der Waals surface area contributed by atoms with E-state index < -0.39 is 0 Å². The highest BCUT2D eigenvalue weighted by Crippen LogP contribution is 2.45.